The van der Waals surface area contributed by atoms with Crippen molar-refractivity contribution in [3.8, 4) is 5.63 Å². The van der Waals surface area contributed by atoms with Gasteiger partial charge in [-0.05, 0) is 0 Å². The zero-order valence-electron chi connectivity index (χ0n) is 7.55. The summed E-state index contributed by atoms with van der Waals surface area (Å²) in [6.45, 7) is 0. The van der Waals surface area contributed by atoms with Crippen LogP contribution in [-0.2, 0) is 13.7 Å². The van der Waals surface area contributed by atoms with Gasteiger partial charge in [0, 0.05) is 0 Å². The van der Waals surface area contributed by atoms with E-state index in [0.717, 1.165) is 0 Å². The van der Waals surface area contributed by atoms with E-state index in [2.05, 4.69) is 5.63 Å². The Morgan fingerprint density at radius 3 is 2.00 bits per heavy atom. The molecule has 0 aromatic heterocycles. The Morgan fingerprint density at radius 2 is 1.67 bits per heavy atom. The first-order valence-corrected chi connectivity index (χ1v) is 8.22. The minimum absolute atomic E-state index is 0.162. The summed E-state index contributed by atoms with van der Waals surface area (Å²) in [4.78, 5) is 34.3. The zero-order chi connectivity index (χ0) is 12.1. The van der Waals surface area contributed by atoms with Gasteiger partial charge in [-0.1, -0.05) is 0 Å². The molecule has 4 N–H and O–H groups in total. The third kappa shape index (κ3) is 10.6. The van der Waals surface area contributed by atoms with Crippen LogP contribution in [0.5, 0.6) is 0 Å². The summed E-state index contributed by atoms with van der Waals surface area (Å²) in [6, 6.07) is 0. The second-order valence-electron chi connectivity index (χ2n) is 2.94. The van der Waals surface area contributed by atoms with Crippen LogP contribution in [0.4, 0.5) is 0 Å². The summed E-state index contributed by atoms with van der Waals surface area (Å²) in [5.41, 5.74) is 2.19. The van der Waals surface area contributed by atoms with Gasteiger partial charge in [0.25, 0.3) is 0 Å². The van der Waals surface area contributed by atoms with E-state index in [1.165, 1.54) is 0 Å². The summed E-state index contributed by atoms with van der Waals surface area (Å²) in [7, 11) is -9.04. The van der Waals surface area contributed by atoms with E-state index in [9.17, 15) is 13.7 Å². The molecule has 0 radical (unpaired) electrons. The van der Waals surface area contributed by atoms with E-state index < -0.39 is 41.3 Å². The Labute approximate surface area is 87.3 Å². The van der Waals surface area contributed by atoms with Gasteiger partial charge < -0.3 is 0 Å². The molecule has 0 spiro atoms. The summed E-state index contributed by atoms with van der Waals surface area (Å²) >= 11 is 0. The van der Waals surface area contributed by atoms with Crippen LogP contribution in [0.1, 0.15) is 6.42 Å². The number of rotatable bonds is 5. The standard InChI is InChI=1S/C5H11O7P3/c6-13-3-5(4-15(10,11)12)1-2-14(7,8)9/h5H,1-2,4H2,(H2,7,8,9)(H2,10,11,12). The Balaban J connectivity index is 4.42. The first-order chi connectivity index (χ1) is 6.64. The summed E-state index contributed by atoms with van der Waals surface area (Å²) in [5.74, 6) is -0.891. The second-order valence-corrected chi connectivity index (χ2v) is 6.85. The maximum atomic E-state index is 10.6. The van der Waals surface area contributed by atoms with E-state index in [4.69, 9.17) is 19.6 Å². The van der Waals surface area contributed by atoms with Gasteiger partial charge in [-0.25, -0.2) is 0 Å². The molecule has 0 heterocycles. The third-order valence-electron chi connectivity index (χ3n) is 1.46. The van der Waals surface area contributed by atoms with Crippen molar-refractivity contribution in [3.05, 3.63) is 0 Å². The molecule has 0 saturated heterocycles. The van der Waals surface area contributed by atoms with Gasteiger partial charge in [-0.3, -0.25) is 0 Å². The maximum absolute atomic E-state index is 10.6. The van der Waals surface area contributed by atoms with Gasteiger partial charge in [0.1, 0.15) is 0 Å². The molecule has 1 unspecified atom stereocenters. The molecule has 7 nitrogen and oxygen atoms in total. The van der Waals surface area contributed by atoms with Crippen LogP contribution in [0, 0.1) is 11.5 Å². The molecule has 0 fully saturated rings. The molecule has 0 saturated carbocycles. The monoisotopic (exact) mass is 276 g/mol. The molecular weight excluding hydrogens is 265 g/mol. The van der Waals surface area contributed by atoms with Crippen molar-refractivity contribution < 1.29 is 33.3 Å². The molecule has 0 aliphatic carbocycles. The number of hydrogen-bond acceptors (Lipinski definition) is 3. The van der Waals surface area contributed by atoms with E-state index in [1.807, 2.05) is 0 Å². The van der Waals surface area contributed by atoms with Crippen molar-refractivity contribution in [3.63, 3.8) is 0 Å². The van der Waals surface area contributed by atoms with Gasteiger partial charge in [0.05, 0.1) is 0 Å². The summed E-state index contributed by atoms with van der Waals surface area (Å²) < 4.78 is 31.3. The zero-order valence-corrected chi connectivity index (χ0v) is 10.2. The minimum atomic E-state index is -4.29. The average Bonchev–Trinajstić information content (AvgIpc) is 1.96. The van der Waals surface area contributed by atoms with Gasteiger partial charge in [0.2, 0.25) is 0 Å². The summed E-state index contributed by atoms with van der Waals surface area (Å²) in [6.07, 6.45) is -1.28. The SMILES string of the molecule is O=P#CC(CCP(=O)(O)O)CP(=O)(O)O. The predicted molar refractivity (Wildman–Crippen MR) is 53.4 cm³/mol. The van der Waals surface area contributed by atoms with Crippen LogP contribution >= 0.6 is 23.1 Å². The fraction of sp³-hybridized carbons (Fsp3) is 0.800. The molecule has 0 aromatic carbocycles. The van der Waals surface area contributed by atoms with Crippen LogP contribution in [0.15, 0.2) is 0 Å². The quantitative estimate of drug-likeness (QED) is 0.540. The van der Waals surface area contributed by atoms with Crippen LogP contribution in [0.25, 0.3) is 0 Å². The Morgan fingerprint density at radius 1 is 1.13 bits per heavy atom. The molecular formula is C5H11O7P3. The van der Waals surface area contributed by atoms with E-state index in [-0.39, 0.29) is 6.42 Å². The van der Waals surface area contributed by atoms with Crippen molar-refractivity contribution in [1.29, 1.82) is 0 Å². The van der Waals surface area contributed by atoms with E-state index in [0.29, 0.717) is 0 Å². The molecule has 0 bridgehead atoms. The average molecular weight is 276 g/mol. The van der Waals surface area contributed by atoms with Crippen molar-refractivity contribution in [1.82, 2.24) is 0 Å². The molecule has 15 heavy (non-hydrogen) atoms. The van der Waals surface area contributed by atoms with Gasteiger partial charge >= 0.3 is 86.7 Å². The van der Waals surface area contributed by atoms with Gasteiger partial charge in [0.15, 0.2) is 0 Å². The normalized spacial score (nSPS) is 14.4. The molecule has 0 aliphatic heterocycles. The topological polar surface area (TPSA) is 132 Å². The molecule has 0 rings (SSSR count). The van der Waals surface area contributed by atoms with Crippen LogP contribution < -0.4 is 0 Å². The Hall–Kier alpha value is 0.310. The van der Waals surface area contributed by atoms with Gasteiger partial charge in [-0.15, -0.1) is 0 Å². The van der Waals surface area contributed by atoms with Crippen molar-refractivity contribution in [2.24, 2.45) is 5.92 Å². The molecule has 0 amide bonds. The van der Waals surface area contributed by atoms with E-state index in [1.54, 1.807) is 0 Å². The van der Waals surface area contributed by atoms with Gasteiger partial charge in [-0.2, -0.15) is 0 Å². The molecule has 88 valence electrons. The Bertz CT molecular complexity index is 386. The van der Waals surface area contributed by atoms with E-state index >= 15 is 0 Å². The second kappa shape index (κ2) is 6.15. The fourth-order valence-corrected chi connectivity index (χ4v) is 2.89. The molecule has 0 aromatic rings. The first-order valence-electron chi connectivity index (χ1n) is 3.81. The van der Waals surface area contributed by atoms with Crippen molar-refractivity contribution in [2.45, 2.75) is 6.42 Å². The Kier molecular flexibility index (Phi) is 6.27. The van der Waals surface area contributed by atoms with Crippen molar-refractivity contribution >= 4 is 23.1 Å². The molecule has 10 heteroatoms. The van der Waals surface area contributed by atoms with Crippen LogP contribution in [-0.4, -0.2) is 31.9 Å². The first kappa shape index (κ1) is 15.3. The summed E-state index contributed by atoms with van der Waals surface area (Å²) in [5, 5.41) is 0. The van der Waals surface area contributed by atoms with Crippen molar-refractivity contribution in [2.75, 3.05) is 12.3 Å². The third-order valence-corrected chi connectivity index (χ3v) is 3.69. The fourth-order valence-electron chi connectivity index (χ4n) is 0.882. The predicted octanol–water partition coefficient (Wildman–Crippen LogP) is 0.599. The molecule has 0 aliphatic rings. The molecule has 1 atom stereocenters. The van der Waals surface area contributed by atoms with Crippen LogP contribution in [0.2, 0.25) is 0 Å². The number of hydrogen-bond donors (Lipinski definition) is 4. The van der Waals surface area contributed by atoms with Crippen LogP contribution in [0.3, 0.4) is 0 Å².